The van der Waals surface area contributed by atoms with Crippen LogP contribution in [0.3, 0.4) is 0 Å². The molecule has 0 aromatic carbocycles. The van der Waals surface area contributed by atoms with Crippen LogP contribution in [0.1, 0.15) is 12.8 Å². The fourth-order valence-corrected chi connectivity index (χ4v) is 2.32. The Morgan fingerprint density at radius 3 is 2.81 bits per heavy atom. The molecule has 1 unspecified atom stereocenters. The van der Waals surface area contributed by atoms with Gasteiger partial charge in [0.05, 0.1) is 6.33 Å². The van der Waals surface area contributed by atoms with Gasteiger partial charge in [-0.25, -0.2) is 4.98 Å². The second-order valence-corrected chi connectivity index (χ2v) is 5.92. The van der Waals surface area contributed by atoms with Crippen molar-refractivity contribution in [3.05, 3.63) is 13.7 Å². The number of primary amides is 1. The minimum atomic E-state index is -0.300. The summed E-state index contributed by atoms with van der Waals surface area (Å²) in [5.41, 5.74) is 5.38. The fraction of sp³-hybridized carbons (Fsp3) is 0.556. The van der Waals surface area contributed by atoms with Crippen LogP contribution < -0.4 is 11.1 Å². The van der Waals surface area contributed by atoms with Crippen LogP contribution in [0.5, 0.6) is 0 Å². The van der Waals surface area contributed by atoms with E-state index in [0.717, 1.165) is 20.2 Å². The topological polar surface area (TPSA) is 72.9 Å². The molecule has 0 spiro atoms. The average molecular weight is 446 g/mol. The number of rotatable bonds is 5. The molecule has 88 valence electrons. The number of carbonyl (C=O) groups excluding carboxylic acids is 1. The number of amides is 1. The van der Waals surface area contributed by atoms with E-state index in [2.05, 4.69) is 55.5 Å². The highest BCUT2D eigenvalue weighted by Gasteiger charge is 2.27. The molecule has 1 aromatic rings. The molecular weight excluding hydrogens is 434 g/mol. The number of nitrogens with one attached hydrogen (secondary N) is 1. The van der Waals surface area contributed by atoms with Crippen molar-refractivity contribution in [1.82, 2.24) is 14.9 Å². The maximum absolute atomic E-state index is 11.3. The lowest BCUT2D eigenvalue weighted by molar-refractivity contribution is -0.120. The minimum Gasteiger partial charge on any atom is -0.368 e. The summed E-state index contributed by atoms with van der Waals surface area (Å²) in [6.07, 6.45) is 4.03. The lowest BCUT2D eigenvalue weighted by atomic mass is 10.2. The molecule has 2 rings (SSSR count). The second-order valence-electron chi connectivity index (χ2n) is 3.87. The van der Waals surface area contributed by atoms with E-state index in [1.165, 1.54) is 0 Å². The van der Waals surface area contributed by atoms with Crippen LogP contribution >= 0.6 is 45.2 Å². The number of nitrogens with two attached hydrogens (primary N) is 1. The molecule has 5 nitrogen and oxygen atoms in total. The first-order chi connectivity index (χ1) is 7.58. The quantitative estimate of drug-likeness (QED) is 0.655. The second kappa shape index (κ2) is 5.17. The lowest BCUT2D eigenvalue weighted by Gasteiger charge is -2.16. The molecule has 1 fully saturated rings. The molecule has 0 radical (unpaired) electrons. The summed E-state index contributed by atoms with van der Waals surface area (Å²) in [6.45, 7) is 0.556. The van der Waals surface area contributed by atoms with Crippen molar-refractivity contribution in [2.45, 2.75) is 31.5 Å². The SMILES string of the molecule is NC(=O)C(Cn1cnc(I)c1I)NC1CC1. The summed E-state index contributed by atoms with van der Waals surface area (Å²) < 4.78 is 3.95. The van der Waals surface area contributed by atoms with E-state index in [1.54, 1.807) is 6.33 Å². The van der Waals surface area contributed by atoms with Gasteiger partial charge in [-0.3, -0.25) is 4.79 Å². The van der Waals surface area contributed by atoms with Crippen molar-refractivity contribution in [2.75, 3.05) is 0 Å². The van der Waals surface area contributed by atoms with E-state index >= 15 is 0 Å². The van der Waals surface area contributed by atoms with Crippen LogP contribution in [0, 0.1) is 7.40 Å². The van der Waals surface area contributed by atoms with Gasteiger partial charge in [0, 0.05) is 12.6 Å². The van der Waals surface area contributed by atoms with Crippen molar-refractivity contribution >= 4 is 51.1 Å². The van der Waals surface area contributed by atoms with Gasteiger partial charge in [0.15, 0.2) is 0 Å². The zero-order valence-corrected chi connectivity index (χ0v) is 12.8. The van der Waals surface area contributed by atoms with Crippen molar-refractivity contribution < 1.29 is 4.79 Å². The molecular formula is C9H12I2N4O. The maximum Gasteiger partial charge on any atom is 0.236 e. The van der Waals surface area contributed by atoms with Gasteiger partial charge in [0.1, 0.15) is 13.4 Å². The van der Waals surface area contributed by atoms with E-state index in [1.807, 2.05) is 4.57 Å². The Hall–Kier alpha value is 0.100. The Morgan fingerprint density at radius 2 is 2.38 bits per heavy atom. The Balaban J connectivity index is 2.04. The predicted molar refractivity (Wildman–Crippen MR) is 76.8 cm³/mol. The highest BCUT2D eigenvalue weighted by molar-refractivity contribution is 14.1. The van der Waals surface area contributed by atoms with E-state index in [-0.39, 0.29) is 11.9 Å². The molecule has 0 bridgehead atoms. The zero-order chi connectivity index (χ0) is 11.7. The highest BCUT2D eigenvalue weighted by atomic mass is 127. The molecule has 1 heterocycles. The molecule has 1 aliphatic rings. The Kier molecular flexibility index (Phi) is 4.06. The number of carbonyl (C=O) groups is 1. The van der Waals surface area contributed by atoms with Gasteiger partial charge in [0.2, 0.25) is 5.91 Å². The summed E-state index contributed by atoms with van der Waals surface area (Å²) >= 11 is 4.39. The van der Waals surface area contributed by atoms with Gasteiger partial charge < -0.3 is 15.6 Å². The van der Waals surface area contributed by atoms with Crippen molar-refractivity contribution in [1.29, 1.82) is 0 Å². The summed E-state index contributed by atoms with van der Waals surface area (Å²) in [7, 11) is 0. The Labute approximate surface area is 121 Å². The van der Waals surface area contributed by atoms with Crippen LogP contribution in [-0.4, -0.2) is 27.5 Å². The van der Waals surface area contributed by atoms with Gasteiger partial charge in [-0.15, -0.1) is 0 Å². The summed E-state index contributed by atoms with van der Waals surface area (Å²) in [5.74, 6) is -0.300. The van der Waals surface area contributed by atoms with Crippen LogP contribution in [0.15, 0.2) is 6.33 Å². The number of hydrogen-bond donors (Lipinski definition) is 2. The zero-order valence-electron chi connectivity index (χ0n) is 8.49. The first kappa shape index (κ1) is 12.6. The molecule has 3 N–H and O–H groups in total. The standard InChI is InChI=1S/C9H12I2N4O/c10-7-8(11)15(4-13-7)3-6(9(12)16)14-5-1-2-5/h4-6,14H,1-3H2,(H2,12,16). The summed E-state index contributed by atoms with van der Waals surface area (Å²) in [6, 6.07) is 0.170. The van der Waals surface area contributed by atoms with E-state index < -0.39 is 0 Å². The van der Waals surface area contributed by atoms with Crippen LogP contribution in [0.25, 0.3) is 0 Å². The molecule has 7 heteroatoms. The van der Waals surface area contributed by atoms with Gasteiger partial charge in [-0.2, -0.15) is 0 Å². The highest BCUT2D eigenvalue weighted by Crippen LogP contribution is 2.20. The fourth-order valence-electron chi connectivity index (χ4n) is 1.43. The molecule has 1 amide bonds. The third-order valence-corrected chi connectivity index (χ3v) is 5.42. The smallest absolute Gasteiger partial charge is 0.236 e. The third-order valence-electron chi connectivity index (χ3n) is 2.47. The number of halogens is 2. The van der Waals surface area contributed by atoms with Gasteiger partial charge in [-0.1, -0.05) is 0 Å². The molecule has 0 aliphatic heterocycles. The number of hydrogen-bond acceptors (Lipinski definition) is 3. The van der Waals surface area contributed by atoms with E-state index in [9.17, 15) is 4.79 Å². The van der Waals surface area contributed by atoms with Crippen LogP contribution in [-0.2, 0) is 11.3 Å². The third kappa shape index (κ3) is 3.06. The van der Waals surface area contributed by atoms with Crippen LogP contribution in [0.4, 0.5) is 0 Å². The summed E-state index contributed by atoms with van der Waals surface area (Å²) in [5, 5.41) is 3.25. The number of imidazole rings is 1. The number of nitrogens with zero attached hydrogens (tertiary/aromatic N) is 2. The van der Waals surface area contributed by atoms with Crippen molar-refractivity contribution in [3.63, 3.8) is 0 Å². The van der Waals surface area contributed by atoms with Gasteiger partial charge in [-0.05, 0) is 58.0 Å². The predicted octanol–water partition coefficient (Wildman–Crippen LogP) is 0.698. The molecule has 1 atom stereocenters. The Bertz CT molecular complexity index is 402. The van der Waals surface area contributed by atoms with Crippen LogP contribution in [0.2, 0.25) is 0 Å². The van der Waals surface area contributed by atoms with Gasteiger partial charge in [0.25, 0.3) is 0 Å². The molecule has 1 saturated carbocycles. The van der Waals surface area contributed by atoms with Crippen molar-refractivity contribution in [3.8, 4) is 0 Å². The number of aromatic nitrogens is 2. The van der Waals surface area contributed by atoms with E-state index in [4.69, 9.17) is 5.73 Å². The first-order valence-corrected chi connectivity index (χ1v) is 7.15. The Morgan fingerprint density at radius 1 is 1.69 bits per heavy atom. The lowest BCUT2D eigenvalue weighted by Crippen LogP contribution is -2.45. The molecule has 0 saturated heterocycles. The first-order valence-electron chi connectivity index (χ1n) is 4.99. The largest absolute Gasteiger partial charge is 0.368 e. The van der Waals surface area contributed by atoms with E-state index in [0.29, 0.717) is 12.6 Å². The molecule has 1 aromatic heterocycles. The minimum absolute atomic E-state index is 0.300. The summed E-state index contributed by atoms with van der Waals surface area (Å²) in [4.78, 5) is 15.5. The maximum atomic E-state index is 11.3. The normalized spacial score (nSPS) is 17.4. The van der Waals surface area contributed by atoms with Gasteiger partial charge >= 0.3 is 0 Å². The molecule has 1 aliphatic carbocycles. The average Bonchev–Trinajstić information content (AvgIpc) is 2.99. The van der Waals surface area contributed by atoms with Crippen molar-refractivity contribution in [2.24, 2.45) is 5.73 Å². The monoisotopic (exact) mass is 446 g/mol. The molecule has 16 heavy (non-hydrogen) atoms.